The van der Waals surface area contributed by atoms with Crippen LogP contribution in [0.5, 0.6) is 0 Å². The minimum Gasteiger partial charge on any atom is -0.480 e. The van der Waals surface area contributed by atoms with Gasteiger partial charge in [-0.25, -0.2) is 4.39 Å². The van der Waals surface area contributed by atoms with Crippen LogP contribution in [-0.2, 0) is 16.1 Å². The van der Waals surface area contributed by atoms with Crippen LogP contribution in [0.25, 0.3) is 0 Å². The molecule has 1 aliphatic rings. The lowest BCUT2D eigenvalue weighted by atomic mass is 10.1. The number of hydrogen-bond donors (Lipinski definition) is 1. The van der Waals surface area contributed by atoms with Crippen molar-refractivity contribution in [2.24, 2.45) is 0 Å². The summed E-state index contributed by atoms with van der Waals surface area (Å²) >= 11 is 0. The molecule has 1 aromatic rings. The second-order valence-electron chi connectivity index (χ2n) is 4.47. The number of carbonyl (C=O) groups is 1. The standard InChI is InChI=1S/C13H16FNO3/c1-9-2-3-11(14)6-10(9)7-15-4-5-18-8-12(15)13(16)17/h2-3,6,12H,4-5,7-8H2,1H3,(H,16,17). The maximum absolute atomic E-state index is 13.2. The van der Waals surface area contributed by atoms with Gasteiger partial charge < -0.3 is 9.84 Å². The molecule has 1 aromatic carbocycles. The van der Waals surface area contributed by atoms with Crippen LogP contribution in [0.4, 0.5) is 4.39 Å². The first-order chi connectivity index (χ1) is 8.58. The number of morpholine rings is 1. The number of hydrogen-bond acceptors (Lipinski definition) is 3. The van der Waals surface area contributed by atoms with Gasteiger partial charge in [-0.15, -0.1) is 0 Å². The first-order valence-electron chi connectivity index (χ1n) is 5.87. The molecule has 1 saturated heterocycles. The van der Waals surface area contributed by atoms with Crippen LogP contribution in [0.15, 0.2) is 18.2 Å². The average Bonchev–Trinajstić information content (AvgIpc) is 2.34. The number of benzene rings is 1. The average molecular weight is 253 g/mol. The van der Waals surface area contributed by atoms with Gasteiger partial charge in [-0.05, 0) is 30.2 Å². The lowest BCUT2D eigenvalue weighted by Gasteiger charge is -2.33. The van der Waals surface area contributed by atoms with Gasteiger partial charge in [0.15, 0.2) is 0 Å². The lowest BCUT2D eigenvalue weighted by Crippen LogP contribution is -2.49. The van der Waals surface area contributed by atoms with Crippen molar-refractivity contribution in [1.29, 1.82) is 0 Å². The van der Waals surface area contributed by atoms with Gasteiger partial charge in [-0.3, -0.25) is 9.69 Å². The molecule has 0 radical (unpaired) electrons. The molecular formula is C13H16FNO3. The van der Waals surface area contributed by atoms with Gasteiger partial charge in [-0.1, -0.05) is 6.07 Å². The van der Waals surface area contributed by atoms with Crippen LogP contribution in [0, 0.1) is 12.7 Å². The van der Waals surface area contributed by atoms with Gasteiger partial charge in [0, 0.05) is 13.1 Å². The third kappa shape index (κ3) is 2.86. The molecule has 1 fully saturated rings. The van der Waals surface area contributed by atoms with Gasteiger partial charge in [0.05, 0.1) is 13.2 Å². The van der Waals surface area contributed by atoms with E-state index in [1.54, 1.807) is 6.07 Å². The summed E-state index contributed by atoms with van der Waals surface area (Å²) in [5.41, 5.74) is 1.79. The van der Waals surface area contributed by atoms with E-state index in [-0.39, 0.29) is 12.4 Å². The molecule has 0 bridgehead atoms. The number of nitrogens with zero attached hydrogens (tertiary/aromatic N) is 1. The summed E-state index contributed by atoms with van der Waals surface area (Å²) in [6.07, 6.45) is 0. The molecule has 18 heavy (non-hydrogen) atoms. The zero-order valence-electron chi connectivity index (χ0n) is 10.2. The molecular weight excluding hydrogens is 237 g/mol. The van der Waals surface area contributed by atoms with Gasteiger partial charge in [0.25, 0.3) is 0 Å². The number of aliphatic carboxylic acids is 1. The highest BCUT2D eigenvalue weighted by Crippen LogP contribution is 2.16. The topological polar surface area (TPSA) is 49.8 Å². The molecule has 0 aliphatic carbocycles. The quantitative estimate of drug-likeness (QED) is 0.885. The summed E-state index contributed by atoms with van der Waals surface area (Å²) in [7, 11) is 0. The summed E-state index contributed by atoms with van der Waals surface area (Å²) in [5, 5.41) is 9.11. The van der Waals surface area contributed by atoms with Crippen LogP contribution >= 0.6 is 0 Å². The minimum absolute atomic E-state index is 0.184. The van der Waals surface area contributed by atoms with Crippen molar-refractivity contribution in [3.05, 3.63) is 35.1 Å². The molecule has 1 heterocycles. The number of aryl methyl sites for hydroxylation is 1. The molecule has 1 aliphatic heterocycles. The van der Waals surface area contributed by atoms with Gasteiger partial charge >= 0.3 is 5.97 Å². The molecule has 5 heteroatoms. The van der Waals surface area contributed by atoms with Gasteiger partial charge in [-0.2, -0.15) is 0 Å². The molecule has 0 spiro atoms. The summed E-state index contributed by atoms with van der Waals surface area (Å²) in [6.45, 7) is 3.57. The highest BCUT2D eigenvalue weighted by atomic mass is 19.1. The molecule has 0 saturated carbocycles. The van der Waals surface area contributed by atoms with E-state index in [0.29, 0.717) is 19.7 Å². The van der Waals surface area contributed by atoms with E-state index in [0.717, 1.165) is 11.1 Å². The van der Waals surface area contributed by atoms with E-state index >= 15 is 0 Å². The summed E-state index contributed by atoms with van der Waals surface area (Å²) in [5.74, 6) is -1.19. The lowest BCUT2D eigenvalue weighted by molar-refractivity contribution is -0.150. The Bertz CT molecular complexity index is 450. The fourth-order valence-electron chi connectivity index (χ4n) is 2.08. The van der Waals surface area contributed by atoms with Crippen molar-refractivity contribution in [3.63, 3.8) is 0 Å². The first kappa shape index (κ1) is 13.0. The largest absolute Gasteiger partial charge is 0.480 e. The first-order valence-corrected chi connectivity index (χ1v) is 5.87. The van der Waals surface area contributed by atoms with Crippen molar-refractivity contribution in [2.75, 3.05) is 19.8 Å². The van der Waals surface area contributed by atoms with Gasteiger partial charge in [0.2, 0.25) is 0 Å². The predicted octanol–water partition coefficient (Wildman–Crippen LogP) is 1.42. The third-order valence-electron chi connectivity index (χ3n) is 3.21. The Kier molecular flexibility index (Phi) is 3.93. The molecule has 2 rings (SSSR count). The zero-order valence-corrected chi connectivity index (χ0v) is 10.2. The van der Waals surface area contributed by atoms with Crippen LogP contribution in [0.3, 0.4) is 0 Å². The fraction of sp³-hybridized carbons (Fsp3) is 0.462. The second-order valence-corrected chi connectivity index (χ2v) is 4.47. The summed E-state index contributed by atoms with van der Waals surface area (Å²) in [6, 6.07) is 3.93. The fourth-order valence-corrected chi connectivity index (χ4v) is 2.08. The number of carboxylic acids is 1. The molecule has 4 nitrogen and oxygen atoms in total. The monoisotopic (exact) mass is 253 g/mol. The van der Waals surface area contributed by atoms with E-state index in [2.05, 4.69) is 0 Å². The van der Waals surface area contributed by atoms with Crippen LogP contribution in [0.1, 0.15) is 11.1 Å². The van der Waals surface area contributed by atoms with Crippen molar-refractivity contribution in [2.45, 2.75) is 19.5 Å². The smallest absolute Gasteiger partial charge is 0.323 e. The summed E-state index contributed by atoms with van der Waals surface area (Å²) < 4.78 is 18.4. The van der Waals surface area contributed by atoms with E-state index in [1.165, 1.54) is 12.1 Å². The Morgan fingerprint density at radius 1 is 1.61 bits per heavy atom. The van der Waals surface area contributed by atoms with E-state index < -0.39 is 12.0 Å². The molecule has 1 N–H and O–H groups in total. The number of carboxylic acid groups (broad SMARTS) is 1. The molecule has 1 atom stereocenters. The highest BCUT2D eigenvalue weighted by molar-refractivity contribution is 5.73. The van der Waals surface area contributed by atoms with Gasteiger partial charge in [0.1, 0.15) is 11.9 Å². The van der Waals surface area contributed by atoms with Crippen LogP contribution in [0.2, 0.25) is 0 Å². The highest BCUT2D eigenvalue weighted by Gasteiger charge is 2.29. The maximum atomic E-state index is 13.2. The molecule has 0 aromatic heterocycles. The van der Waals surface area contributed by atoms with Crippen molar-refractivity contribution < 1.29 is 19.0 Å². The van der Waals surface area contributed by atoms with Crippen molar-refractivity contribution >= 4 is 5.97 Å². The predicted molar refractivity (Wildman–Crippen MR) is 63.8 cm³/mol. The number of rotatable bonds is 3. The zero-order chi connectivity index (χ0) is 13.1. The Labute approximate surface area is 105 Å². The van der Waals surface area contributed by atoms with Crippen molar-refractivity contribution in [3.8, 4) is 0 Å². The Morgan fingerprint density at radius 3 is 3.11 bits per heavy atom. The van der Waals surface area contributed by atoms with E-state index in [4.69, 9.17) is 9.84 Å². The summed E-state index contributed by atoms with van der Waals surface area (Å²) in [4.78, 5) is 12.9. The maximum Gasteiger partial charge on any atom is 0.323 e. The molecule has 98 valence electrons. The number of halogens is 1. The van der Waals surface area contributed by atoms with Crippen LogP contribution < -0.4 is 0 Å². The molecule has 1 unspecified atom stereocenters. The van der Waals surface area contributed by atoms with E-state index in [9.17, 15) is 9.18 Å². The second kappa shape index (κ2) is 5.46. The van der Waals surface area contributed by atoms with Crippen LogP contribution in [-0.4, -0.2) is 41.8 Å². The normalized spacial score (nSPS) is 20.9. The van der Waals surface area contributed by atoms with E-state index in [1.807, 2.05) is 11.8 Å². The van der Waals surface area contributed by atoms with Crippen molar-refractivity contribution in [1.82, 2.24) is 4.90 Å². The number of ether oxygens (including phenoxy) is 1. The molecule has 0 amide bonds. The Hall–Kier alpha value is -1.46. The Balaban J connectivity index is 2.15. The third-order valence-corrected chi connectivity index (χ3v) is 3.21. The minimum atomic E-state index is -0.899. The SMILES string of the molecule is Cc1ccc(F)cc1CN1CCOCC1C(=O)O. The Morgan fingerprint density at radius 2 is 2.39 bits per heavy atom.